The average molecular weight is 785 g/mol. The molecule has 3 N–H and O–H groups in total. The van der Waals surface area contributed by atoms with Gasteiger partial charge in [-0.1, -0.05) is 30.3 Å². The summed E-state index contributed by atoms with van der Waals surface area (Å²) >= 11 is 1.01. The van der Waals surface area contributed by atoms with Crippen LogP contribution in [0.2, 0.25) is 0 Å². The van der Waals surface area contributed by atoms with Gasteiger partial charge in [-0.2, -0.15) is 0 Å². The first kappa shape index (κ1) is 38.5. The highest BCUT2D eigenvalue weighted by Gasteiger charge is 2.55. The van der Waals surface area contributed by atoms with Crippen LogP contribution in [0.25, 0.3) is 10.9 Å². The summed E-state index contributed by atoms with van der Waals surface area (Å²) in [6.45, 7) is -0.337. The van der Waals surface area contributed by atoms with Crippen LogP contribution < -0.4 is 16.1 Å². The summed E-state index contributed by atoms with van der Waals surface area (Å²) in [5.41, 5.74) is -2.58. The standard InChI is InChI=1S/C35H31F3N6O10S/c1-2-41-10-11-43(31(49)30(41)48)35(53)40-23(17-6-4-3-5-7-17)28(46)39-24-29(47)44-25(33(50)51)18(16-55-32(24)44)15-54-34(52)21-14-42(9-8-36)26-20(27(21)45)12-19(37)13-22(26)38/h3-7,12-14,23-24,32H,2,8-11,15-16H2,1H3,(H,39,46)(H,40,53)(H,50,51)/t23?,24?,32-/m1/s1. The minimum Gasteiger partial charge on any atom is -0.477 e. The number of urea groups is 1. The van der Waals surface area contributed by atoms with Crippen LogP contribution in [0, 0.1) is 11.6 Å². The molecular weight excluding hydrogens is 753 g/mol. The number of β-lactam (4-membered cyclic amide) rings is 1. The molecule has 55 heavy (non-hydrogen) atoms. The molecule has 0 aliphatic carbocycles. The van der Waals surface area contributed by atoms with Crippen molar-refractivity contribution in [1.82, 2.24) is 29.9 Å². The molecule has 2 aromatic carbocycles. The molecule has 3 aliphatic heterocycles. The average Bonchev–Trinajstić information content (AvgIpc) is 3.16. The van der Waals surface area contributed by atoms with Gasteiger partial charge in [0.05, 0.1) is 17.4 Å². The van der Waals surface area contributed by atoms with Crippen molar-refractivity contribution >= 4 is 64.3 Å². The fourth-order valence-electron chi connectivity index (χ4n) is 6.45. The minimum atomic E-state index is -1.58. The second kappa shape index (κ2) is 15.7. The number of hydrogen-bond acceptors (Lipinski definition) is 10. The van der Waals surface area contributed by atoms with Gasteiger partial charge >= 0.3 is 29.8 Å². The summed E-state index contributed by atoms with van der Waals surface area (Å²) < 4.78 is 47.9. The monoisotopic (exact) mass is 784 g/mol. The number of halogens is 3. The molecule has 3 aromatic rings. The first-order chi connectivity index (χ1) is 26.3. The number of rotatable bonds is 11. The largest absolute Gasteiger partial charge is 0.477 e. The highest BCUT2D eigenvalue weighted by Crippen LogP contribution is 2.40. The van der Waals surface area contributed by atoms with E-state index in [-0.39, 0.29) is 36.5 Å². The lowest BCUT2D eigenvalue weighted by molar-refractivity contribution is -0.153. The summed E-state index contributed by atoms with van der Waals surface area (Å²) in [5.74, 6) is -8.97. The number of ether oxygens (including phenoxy) is 1. The van der Waals surface area contributed by atoms with Crippen molar-refractivity contribution in [3.8, 4) is 0 Å². The van der Waals surface area contributed by atoms with Gasteiger partial charge < -0.3 is 29.9 Å². The third kappa shape index (κ3) is 7.23. The molecule has 1 aromatic heterocycles. The fraction of sp³-hybridized carbons (Fsp3) is 0.314. The molecule has 0 radical (unpaired) electrons. The van der Waals surface area contributed by atoms with Gasteiger partial charge in [0.2, 0.25) is 11.3 Å². The van der Waals surface area contributed by atoms with Crippen LogP contribution in [0.15, 0.2) is 64.7 Å². The number of carbonyl (C=O) groups is 7. The Morgan fingerprint density at radius 3 is 2.44 bits per heavy atom. The molecule has 2 fully saturated rings. The minimum absolute atomic E-state index is 0.0565. The first-order valence-corrected chi connectivity index (χ1v) is 17.7. The number of hydrogen-bond donors (Lipinski definition) is 3. The van der Waals surface area contributed by atoms with Crippen molar-refractivity contribution in [2.45, 2.75) is 30.9 Å². The van der Waals surface area contributed by atoms with E-state index in [1.807, 2.05) is 0 Å². The van der Waals surface area contributed by atoms with Crippen LogP contribution in [0.5, 0.6) is 0 Å². The molecule has 3 atom stereocenters. The molecule has 0 spiro atoms. The van der Waals surface area contributed by atoms with Crippen LogP contribution in [0.1, 0.15) is 28.9 Å². The normalized spacial score (nSPS) is 18.8. The van der Waals surface area contributed by atoms with Crippen molar-refractivity contribution in [1.29, 1.82) is 0 Å². The van der Waals surface area contributed by atoms with Crippen molar-refractivity contribution in [3.63, 3.8) is 0 Å². The zero-order valence-electron chi connectivity index (χ0n) is 28.8. The van der Waals surface area contributed by atoms with Crippen molar-refractivity contribution in [2.24, 2.45) is 0 Å². The lowest BCUT2D eigenvalue weighted by atomic mass is 10.0. The molecule has 20 heteroatoms. The van der Waals surface area contributed by atoms with Crippen LogP contribution in [-0.4, -0.2) is 116 Å². The van der Waals surface area contributed by atoms with E-state index in [1.54, 1.807) is 25.1 Å². The number of benzene rings is 2. The Kier molecular flexibility index (Phi) is 11.0. The first-order valence-electron chi connectivity index (χ1n) is 16.7. The molecule has 288 valence electrons. The maximum Gasteiger partial charge on any atom is 0.352 e. The highest BCUT2D eigenvalue weighted by molar-refractivity contribution is 8.00. The van der Waals surface area contributed by atoms with Crippen LogP contribution in [-0.2, 0) is 35.3 Å². The number of aliphatic carboxylic acids is 1. The van der Waals surface area contributed by atoms with E-state index in [0.29, 0.717) is 17.0 Å². The Morgan fingerprint density at radius 2 is 1.76 bits per heavy atom. The Morgan fingerprint density at radius 1 is 1.04 bits per heavy atom. The second-order valence-electron chi connectivity index (χ2n) is 12.4. The number of thioether (sulfide) groups is 1. The van der Waals surface area contributed by atoms with Gasteiger partial charge in [0, 0.05) is 43.2 Å². The third-order valence-corrected chi connectivity index (χ3v) is 10.5. The third-order valence-electron chi connectivity index (χ3n) is 9.16. The van der Waals surface area contributed by atoms with E-state index < -0.39 is 118 Å². The molecule has 0 saturated carbocycles. The molecule has 3 aliphatic rings. The number of nitrogens with zero attached hydrogens (tertiary/aromatic N) is 4. The van der Waals surface area contributed by atoms with E-state index >= 15 is 0 Å². The molecule has 4 heterocycles. The van der Waals surface area contributed by atoms with E-state index in [4.69, 9.17) is 4.74 Å². The summed E-state index contributed by atoms with van der Waals surface area (Å²) in [4.78, 5) is 107. The number of nitrogens with one attached hydrogen (secondary N) is 2. The molecule has 6 amide bonds. The smallest absolute Gasteiger partial charge is 0.352 e. The number of carboxylic acids is 1. The number of pyridine rings is 1. The van der Waals surface area contributed by atoms with Crippen molar-refractivity contribution in [2.75, 3.05) is 38.7 Å². The van der Waals surface area contributed by atoms with E-state index in [1.165, 1.54) is 17.0 Å². The van der Waals surface area contributed by atoms with E-state index in [0.717, 1.165) is 27.4 Å². The van der Waals surface area contributed by atoms with Crippen LogP contribution in [0.3, 0.4) is 0 Å². The number of aryl methyl sites for hydroxylation is 1. The Balaban J connectivity index is 1.18. The van der Waals surface area contributed by atoms with E-state index in [2.05, 4.69) is 10.6 Å². The molecule has 2 saturated heterocycles. The SMILES string of the molecule is CCN1CCN(C(=O)NC(C(=O)NC2C(=O)N3C(C(=O)O)=C(COC(=O)c4cn(CCF)c5c(F)cc(F)cc5c4=O)CS[C@H]23)c2ccccc2)C(=O)C1=O. The number of imide groups is 1. The zero-order chi connectivity index (χ0) is 39.7. The highest BCUT2D eigenvalue weighted by atomic mass is 32.2. The number of fused-ring (bicyclic) bond motifs is 2. The number of esters is 1. The molecule has 0 bridgehead atoms. The number of carbonyl (C=O) groups excluding carboxylic acids is 6. The summed E-state index contributed by atoms with van der Waals surface area (Å²) in [6, 6.07) is 5.29. The summed E-state index contributed by atoms with van der Waals surface area (Å²) in [6.07, 6.45) is 0.854. The number of alkyl halides is 1. The Bertz CT molecular complexity index is 2230. The van der Waals surface area contributed by atoms with Gasteiger partial charge in [-0.15, -0.1) is 11.8 Å². The van der Waals surface area contributed by atoms with Crippen LogP contribution >= 0.6 is 11.8 Å². The Hall–Kier alpha value is -6.18. The van der Waals surface area contributed by atoms with Crippen LogP contribution in [0.4, 0.5) is 18.0 Å². The maximum absolute atomic E-state index is 14.5. The number of piperazine rings is 1. The van der Waals surface area contributed by atoms with Gasteiger partial charge in [0.25, 0.3) is 5.91 Å². The Labute approximate surface area is 312 Å². The lowest BCUT2D eigenvalue weighted by Crippen LogP contribution is -2.71. The van der Waals surface area contributed by atoms with Crippen molar-refractivity contribution < 1.29 is 56.6 Å². The van der Waals surface area contributed by atoms with Gasteiger partial charge in [-0.3, -0.25) is 33.8 Å². The number of amides is 6. The quantitative estimate of drug-likeness (QED) is 0.144. The lowest BCUT2D eigenvalue weighted by Gasteiger charge is -2.49. The molecule has 2 unspecified atom stereocenters. The summed E-state index contributed by atoms with van der Waals surface area (Å²) in [7, 11) is 0. The second-order valence-corrected chi connectivity index (χ2v) is 13.5. The van der Waals surface area contributed by atoms with Gasteiger partial charge in [0.15, 0.2) is 5.82 Å². The van der Waals surface area contributed by atoms with Gasteiger partial charge in [-0.25, -0.2) is 27.6 Å². The molecule has 16 nitrogen and oxygen atoms in total. The predicted molar refractivity (Wildman–Crippen MR) is 186 cm³/mol. The number of aromatic nitrogens is 1. The molecule has 6 rings (SSSR count). The predicted octanol–water partition coefficient (Wildman–Crippen LogP) is 1.29. The zero-order valence-corrected chi connectivity index (χ0v) is 29.6. The van der Waals surface area contributed by atoms with Crippen molar-refractivity contribution in [3.05, 3.63) is 92.9 Å². The number of carboxylic acid groups (broad SMARTS) is 1. The maximum atomic E-state index is 14.5. The molecular formula is C35H31F3N6O10S. The van der Waals surface area contributed by atoms with Gasteiger partial charge in [0.1, 0.15) is 47.8 Å². The topological polar surface area (TPSA) is 205 Å². The fourth-order valence-corrected chi connectivity index (χ4v) is 7.77. The van der Waals surface area contributed by atoms with Gasteiger partial charge in [-0.05, 0) is 18.6 Å². The number of likely N-dealkylation sites (N-methyl/N-ethyl adjacent to an activating group) is 1. The van der Waals surface area contributed by atoms with E-state index in [9.17, 15) is 56.6 Å². The summed E-state index contributed by atoms with van der Waals surface area (Å²) in [5, 5.41) is 13.6.